The molecule has 1 aliphatic heterocycles. The third-order valence-corrected chi connectivity index (χ3v) is 5.68. The lowest BCUT2D eigenvalue weighted by Gasteiger charge is -2.26. The monoisotopic (exact) mass is 354 g/mol. The lowest BCUT2D eigenvalue weighted by molar-refractivity contribution is -0.0228. The molecule has 1 heterocycles. The van der Waals surface area contributed by atoms with Crippen LogP contribution in [0.5, 0.6) is 0 Å². The second-order valence-electron chi connectivity index (χ2n) is 5.00. The quantitative estimate of drug-likeness (QED) is 0.709. The van der Waals surface area contributed by atoms with Crippen molar-refractivity contribution in [3.8, 4) is 0 Å². The third-order valence-electron chi connectivity index (χ3n) is 3.53. The molecule has 1 aromatic rings. The largest absolute Gasteiger partial charge is 0.398 e. The van der Waals surface area contributed by atoms with Crippen molar-refractivity contribution in [2.75, 3.05) is 18.9 Å². The molecular formula is C12H16Cl2N2O4S. The highest BCUT2D eigenvalue weighted by Crippen LogP contribution is 2.32. The minimum absolute atomic E-state index is 0.0530. The van der Waals surface area contributed by atoms with Gasteiger partial charge in [-0.1, -0.05) is 23.2 Å². The molecule has 9 heteroatoms. The summed E-state index contributed by atoms with van der Waals surface area (Å²) in [5.41, 5.74) is 4.37. The molecule has 0 aliphatic carbocycles. The lowest BCUT2D eigenvalue weighted by Crippen LogP contribution is -2.47. The van der Waals surface area contributed by atoms with Gasteiger partial charge in [-0.25, -0.2) is 13.1 Å². The molecule has 1 aliphatic rings. The van der Waals surface area contributed by atoms with Gasteiger partial charge in [-0.3, -0.25) is 0 Å². The van der Waals surface area contributed by atoms with Crippen LogP contribution in [-0.2, 0) is 14.8 Å². The summed E-state index contributed by atoms with van der Waals surface area (Å²) in [7, 11) is -3.97. The van der Waals surface area contributed by atoms with Crippen molar-refractivity contribution in [2.45, 2.75) is 29.9 Å². The van der Waals surface area contributed by atoms with Crippen LogP contribution in [-0.4, -0.2) is 38.4 Å². The third kappa shape index (κ3) is 3.44. The van der Waals surface area contributed by atoms with Crippen molar-refractivity contribution < 1.29 is 18.3 Å². The van der Waals surface area contributed by atoms with Crippen LogP contribution < -0.4 is 10.5 Å². The molecule has 0 amide bonds. The summed E-state index contributed by atoms with van der Waals surface area (Å²) >= 11 is 11.7. The zero-order valence-corrected chi connectivity index (χ0v) is 13.6. The van der Waals surface area contributed by atoms with Gasteiger partial charge >= 0.3 is 0 Å². The summed E-state index contributed by atoms with van der Waals surface area (Å²) in [6.45, 7) is 1.88. The van der Waals surface area contributed by atoms with Gasteiger partial charge in [0.15, 0.2) is 0 Å². The minimum atomic E-state index is -3.97. The Morgan fingerprint density at radius 2 is 2.19 bits per heavy atom. The van der Waals surface area contributed by atoms with Crippen LogP contribution in [0.3, 0.4) is 0 Å². The maximum atomic E-state index is 12.3. The fourth-order valence-electron chi connectivity index (χ4n) is 2.16. The van der Waals surface area contributed by atoms with Gasteiger partial charge in [-0.05, 0) is 19.1 Å². The van der Waals surface area contributed by atoms with Crippen molar-refractivity contribution >= 4 is 38.9 Å². The van der Waals surface area contributed by atoms with E-state index in [4.69, 9.17) is 33.7 Å². The SMILES string of the molecule is CC1OCCC1(O)CNS(=O)(=O)c1c(N)cc(Cl)cc1Cl. The predicted octanol–water partition coefficient (Wildman–Crippen LogP) is 1.39. The first-order chi connectivity index (χ1) is 9.66. The summed E-state index contributed by atoms with van der Waals surface area (Å²) in [5, 5.41) is 10.5. The summed E-state index contributed by atoms with van der Waals surface area (Å²) in [6, 6.07) is 2.60. The maximum absolute atomic E-state index is 12.3. The van der Waals surface area contributed by atoms with Crippen LogP contribution in [0, 0.1) is 0 Å². The number of hydrogen-bond donors (Lipinski definition) is 3. The van der Waals surface area contributed by atoms with Gasteiger partial charge < -0.3 is 15.6 Å². The van der Waals surface area contributed by atoms with E-state index >= 15 is 0 Å². The molecular weight excluding hydrogens is 339 g/mol. The zero-order chi connectivity index (χ0) is 15.8. The Hall–Kier alpha value is -0.570. The Kier molecular flexibility index (Phi) is 4.72. The normalized spacial score (nSPS) is 26.2. The van der Waals surface area contributed by atoms with Crippen molar-refractivity contribution in [1.29, 1.82) is 0 Å². The molecule has 1 fully saturated rings. The van der Waals surface area contributed by atoms with Crippen LogP contribution >= 0.6 is 23.2 Å². The lowest BCUT2D eigenvalue weighted by atomic mass is 9.97. The number of benzene rings is 1. The highest BCUT2D eigenvalue weighted by atomic mass is 35.5. The molecule has 2 unspecified atom stereocenters. The summed E-state index contributed by atoms with van der Waals surface area (Å²) < 4.78 is 32.2. The van der Waals surface area contributed by atoms with E-state index < -0.39 is 21.7 Å². The Bertz CT molecular complexity index is 630. The Morgan fingerprint density at radius 1 is 1.52 bits per heavy atom. The average molecular weight is 355 g/mol. The molecule has 1 saturated heterocycles. The van der Waals surface area contributed by atoms with Crippen LogP contribution in [0.2, 0.25) is 10.0 Å². The van der Waals surface area contributed by atoms with Gasteiger partial charge in [0.1, 0.15) is 10.5 Å². The van der Waals surface area contributed by atoms with E-state index in [0.29, 0.717) is 13.0 Å². The van der Waals surface area contributed by atoms with Gasteiger partial charge in [0.05, 0.1) is 16.8 Å². The molecule has 118 valence electrons. The fraction of sp³-hybridized carbons (Fsp3) is 0.500. The topological polar surface area (TPSA) is 102 Å². The molecule has 0 radical (unpaired) electrons. The first-order valence-corrected chi connectivity index (χ1v) is 8.48. The Balaban J connectivity index is 2.24. The van der Waals surface area contributed by atoms with Gasteiger partial charge in [-0.2, -0.15) is 0 Å². The molecule has 0 bridgehead atoms. The second kappa shape index (κ2) is 5.91. The van der Waals surface area contributed by atoms with Crippen molar-refractivity contribution in [2.24, 2.45) is 0 Å². The Labute approximate surface area is 133 Å². The molecule has 0 aromatic heterocycles. The van der Waals surface area contributed by atoms with E-state index in [1.54, 1.807) is 6.92 Å². The molecule has 4 N–H and O–H groups in total. The van der Waals surface area contributed by atoms with Crippen molar-refractivity contribution in [3.63, 3.8) is 0 Å². The van der Waals surface area contributed by atoms with Crippen LogP contribution in [0.1, 0.15) is 13.3 Å². The molecule has 1 aromatic carbocycles. The Morgan fingerprint density at radius 3 is 2.71 bits per heavy atom. The van der Waals surface area contributed by atoms with E-state index in [9.17, 15) is 13.5 Å². The van der Waals surface area contributed by atoms with Gasteiger partial charge in [-0.15, -0.1) is 0 Å². The van der Waals surface area contributed by atoms with Crippen LogP contribution in [0.4, 0.5) is 5.69 Å². The number of hydrogen-bond acceptors (Lipinski definition) is 5. The number of aliphatic hydroxyl groups is 1. The van der Waals surface area contributed by atoms with Crippen LogP contribution in [0.15, 0.2) is 17.0 Å². The number of nitrogens with two attached hydrogens (primary N) is 1. The summed E-state index contributed by atoms with van der Waals surface area (Å²) in [4.78, 5) is -0.247. The first-order valence-electron chi connectivity index (χ1n) is 6.24. The number of halogens is 2. The maximum Gasteiger partial charge on any atom is 0.244 e. The number of nitrogen functional groups attached to an aromatic ring is 1. The van der Waals surface area contributed by atoms with Crippen molar-refractivity contribution in [3.05, 3.63) is 22.2 Å². The number of rotatable bonds is 4. The van der Waals surface area contributed by atoms with Gasteiger partial charge in [0, 0.05) is 24.6 Å². The smallest absolute Gasteiger partial charge is 0.244 e. The molecule has 6 nitrogen and oxygen atoms in total. The van der Waals surface area contributed by atoms with Crippen LogP contribution in [0.25, 0.3) is 0 Å². The minimum Gasteiger partial charge on any atom is -0.398 e. The highest BCUT2D eigenvalue weighted by Gasteiger charge is 2.40. The summed E-state index contributed by atoms with van der Waals surface area (Å²) in [5.74, 6) is 0. The number of sulfonamides is 1. The average Bonchev–Trinajstić information content (AvgIpc) is 2.66. The van der Waals surface area contributed by atoms with Gasteiger partial charge in [0.2, 0.25) is 10.0 Å². The predicted molar refractivity (Wildman–Crippen MR) is 81.0 cm³/mol. The number of nitrogens with one attached hydrogen (secondary N) is 1. The molecule has 0 saturated carbocycles. The van der Waals surface area contributed by atoms with E-state index in [1.807, 2.05) is 0 Å². The molecule has 21 heavy (non-hydrogen) atoms. The van der Waals surface area contributed by atoms with Crippen molar-refractivity contribution in [1.82, 2.24) is 4.72 Å². The van der Waals surface area contributed by atoms with E-state index in [1.165, 1.54) is 12.1 Å². The molecule has 0 spiro atoms. The zero-order valence-electron chi connectivity index (χ0n) is 11.3. The number of ether oxygens (including phenoxy) is 1. The van der Waals surface area contributed by atoms with Gasteiger partial charge in [0.25, 0.3) is 0 Å². The fourth-order valence-corrected chi connectivity index (χ4v) is 4.24. The summed E-state index contributed by atoms with van der Waals surface area (Å²) in [6.07, 6.45) is -0.112. The molecule has 2 atom stereocenters. The van der Waals surface area contributed by atoms with E-state index in [-0.39, 0.29) is 27.2 Å². The second-order valence-corrected chi connectivity index (χ2v) is 7.54. The highest BCUT2D eigenvalue weighted by molar-refractivity contribution is 7.89. The standard InChI is InChI=1S/C12H16Cl2N2O4S/c1-7-12(17,2-3-20-7)6-16-21(18,19)11-9(14)4-8(13)5-10(11)15/h4-5,7,16-17H,2-3,6,15H2,1H3. The number of anilines is 1. The van der Waals surface area contributed by atoms with E-state index in [2.05, 4.69) is 4.72 Å². The first kappa shape index (κ1) is 16.8. The van der Waals surface area contributed by atoms with E-state index in [0.717, 1.165) is 0 Å². The molecule has 2 rings (SSSR count).